The van der Waals surface area contributed by atoms with Crippen LogP contribution in [0.25, 0.3) is 10.9 Å². The number of aromatic amines is 1. The number of rotatable bonds is 3. The third kappa shape index (κ3) is 2.05. The quantitative estimate of drug-likeness (QED) is 0.886. The zero-order chi connectivity index (χ0) is 14.1. The van der Waals surface area contributed by atoms with Gasteiger partial charge in [0.05, 0.1) is 0 Å². The average molecular weight is 271 g/mol. The zero-order valence-corrected chi connectivity index (χ0v) is 11.3. The maximum Gasteiger partial charge on any atom is 0.242 e. The number of benzene rings is 1. The Hall–Kier alpha value is -2.30. The van der Waals surface area contributed by atoms with Crippen LogP contribution in [0, 0.1) is 0 Å². The molecule has 20 heavy (non-hydrogen) atoms. The summed E-state index contributed by atoms with van der Waals surface area (Å²) in [7, 11) is 1.61. The van der Waals surface area contributed by atoms with Crippen LogP contribution >= 0.6 is 0 Å². The second-order valence-electron chi connectivity index (χ2n) is 5.05. The number of H-pyrrole nitrogens is 1. The number of carbonyl (C=O) groups is 2. The fourth-order valence-corrected chi connectivity index (χ4v) is 2.82. The number of nitrogens with zero attached hydrogens (tertiary/aromatic N) is 1. The summed E-state index contributed by atoms with van der Waals surface area (Å²) in [6.45, 7) is 0.473. The van der Waals surface area contributed by atoms with Gasteiger partial charge in [-0.15, -0.1) is 0 Å². The van der Waals surface area contributed by atoms with E-state index in [9.17, 15) is 9.59 Å². The fraction of sp³-hybridized carbons (Fsp3) is 0.333. The van der Waals surface area contributed by atoms with Gasteiger partial charge in [0.25, 0.3) is 0 Å². The highest BCUT2D eigenvalue weighted by Gasteiger charge is 2.35. The lowest BCUT2D eigenvalue weighted by Gasteiger charge is -2.23. The highest BCUT2D eigenvalue weighted by molar-refractivity contribution is 5.91. The van der Waals surface area contributed by atoms with Crippen molar-refractivity contribution in [2.45, 2.75) is 25.4 Å². The molecule has 1 fully saturated rings. The molecule has 0 aliphatic carbocycles. The number of fused-ring (bicyclic) bond motifs is 1. The maximum absolute atomic E-state index is 12.0. The molecule has 1 aromatic carbocycles. The molecule has 1 aliphatic rings. The highest BCUT2D eigenvalue weighted by atomic mass is 16.2. The first kappa shape index (κ1) is 12.7. The number of hydrogen-bond acceptors (Lipinski definition) is 2. The molecule has 0 unspecified atom stereocenters. The van der Waals surface area contributed by atoms with Gasteiger partial charge in [-0.2, -0.15) is 0 Å². The molecule has 2 amide bonds. The van der Waals surface area contributed by atoms with Crippen LogP contribution in [-0.4, -0.2) is 34.8 Å². The molecular formula is C15H17N3O2. The monoisotopic (exact) mass is 271 g/mol. The van der Waals surface area contributed by atoms with Crippen LogP contribution in [-0.2, 0) is 16.1 Å². The molecular weight excluding hydrogens is 254 g/mol. The molecule has 2 heterocycles. The summed E-state index contributed by atoms with van der Waals surface area (Å²) in [5.74, 6) is -0.0421. The Kier molecular flexibility index (Phi) is 3.18. The molecule has 5 heteroatoms. The van der Waals surface area contributed by atoms with E-state index in [4.69, 9.17) is 0 Å². The minimum absolute atomic E-state index is 0.0453. The molecule has 2 aromatic rings. The first-order valence-electron chi connectivity index (χ1n) is 6.77. The van der Waals surface area contributed by atoms with E-state index in [1.54, 1.807) is 11.9 Å². The molecule has 0 spiro atoms. The van der Waals surface area contributed by atoms with E-state index < -0.39 is 0 Å². The molecule has 2 N–H and O–H groups in total. The Balaban J connectivity index is 1.89. The summed E-state index contributed by atoms with van der Waals surface area (Å²) in [4.78, 5) is 28.7. The smallest absolute Gasteiger partial charge is 0.242 e. The summed E-state index contributed by atoms with van der Waals surface area (Å²) in [6, 6.07) is 7.62. The largest absolute Gasteiger partial charge is 0.361 e. The first-order chi connectivity index (χ1) is 9.70. The Labute approximate surface area is 117 Å². The Morgan fingerprint density at radius 2 is 2.25 bits per heavy atom. The van der Waals surface area contributed by atoms with E-state index in [-0.39, 0.29) is 17.9 Å². The molecule has 3 rings (SSSR count). The van der Waals surface area contributed by atoms with Crippen molar-refractivity contribution in [2.24, 2.45) is 0 Å². The van der Waals surface area contributed by atoms with E-state index in [0.717, 1.165) is 16.5 Å². The van der Waals surface area contributed by atoms with Crippen molar-refractivity contribution >= 4 is 22.7 Å². The van der Waals surface area contributed by atoms with Crippen molar-refractivity contribution in [1.82, 2.24) is 15.2 Å². The number of amides is 2. The standard InChI is InChI=1S/C15H17N3O2/c1-16-15(20)13-6-7-14(19)18(13)9-10-8-17-12-5-3-2-4-11(10)12/h2-5,8,13,17H,6-7,9H2,1H3,(H,16,20)/t13-/m1/s1. The normalized spacial score (nSPS) is 18.8. The Bertz CT molecular complexity index is 662. The number of likely N-dealkylation sites (N-methyl/N-ethyl adjacent to an activating group) is 1. The highest BCUT2D eigenvalue weighted by Crippen LogP contribution is 2.25. The second kappa shape index (κ2) is 5.00. The van der Waals surface area contributed by atoms with Gasteiger partial charge in [-0.3, -0.25) is 9.59 Å². The third-order valence-electron chi connectivity index (χ3n) is 3.89. The first-order valence-corrected chi connectivity index (χ1v) is 6.77. The Morgan fingerprint density at radius 1 is 1.45 bits per heavy atom. The summed E-state index contributed by atoms with van der Waals surface area (Å²) >= 11 is 0. The number of nitrogens with one attached hydrogen (secondary N) is 2. The third-order valence-corrected chi connectivity index (χ3v) is 3.89. The van der Waals surface area contributed by atoms with Gasteiger partial charge >= 0.3 is 0 Å². The minimum Gasteiger partial charge on any atom is -0.361 e. The van der Waals surface area contributed by atoms with E-state index in [1.807, 2.05) is 30.5 Å². The summed E-state index contributed by atoms with van der Waals surface area (Å²) in [5.41, 5.74) is 2.09. The zero-order valence-electron chi connectivity index (χ0n) is 11.3. The summed E-state index contributed by atoms with van der Waals surface area (Å²) < 4.78 is 0. The van der Waals surface area contributed by atoms with Gasteiger partial charge in [-0.05, 0) is 18.1 Å². The number of para-hydroxylation sites is 1. The summed E-state index contributed by atoms with van der Waals surface area (Å²) in [5, 5.41) is 3.73. The van der Waals surface area contributed by atoms with Crippen LogP contribution in [0.5, 0.6) is 0 Å². The van der Waals surface area contributed by atoms with Crippen LogP contribution < -0.4 is 5.32 Å². The number of carbonyl (C=O) groups excluding carboxylic acids is 2. The van der Waals surface area contributed by atoms with Crippen LogP contribution in [0.3, 0.4) is 0 Å². The van der Waals surface area contributed by atoms with Crippen molar-refractivity contribution < 1.29 is 9.59 Å². The molecule has 104 valence electrons. The molecule has 0 radical (unpaired) electrons. The van der Waals surface area contributed by atoms with E-state index in [1.165, 1.54) is 0 Å². The molecule has 0 bridgehead atoms. The number of likely N-dealkylation sites (tertiary alicyclic amines) is 1. The van der Waals surface area contributed by atoms with Crippen LogP contribution in [0.1, 0.15) is 18.4 Å². The van der Waals surface area contributed by atoms with E-state index in [0.29, 0.717) is 19.4 Å². The molecule has 1 saturated heterocycles. The molecule has 5 nitrogen and oxygen atoms in total. The Morgan fingerprint density at radius 3 is 3.05 bits per heavy atom. The topological polar surface area (TPSA) is 65.2 Å². The average Bonchev–Trinajstić information content (AvgIpc) is 3.04. The molecule has 0 saturated carbocycles. The SMILES string of the molecule is CNC(=O)[C@H]1CCC(=O)N1Cc1c[nH]c2ccccc12. The predicted octanol–water partition coefficient (Wildman–Crippen LogP) is 1.40. The van der Waals surface area contributed by atoms with Gasteiger partial charge in [0.2, 0.25) is 11.8 Å². The van der Waals surface area contributed by atoms with Gasteiger partial charge in [0, 0.05) is 37.1 Å². The summed E-state index contributed by atoms with van der Waals surface area (Å²) in [6.07, 6.45) is 2.96. The number of hydrogen-bond donors (Lipinski definition) is 2. The lowest BCUT2D eigenvalue weighted by molar-refractivity contribution is -0.135. The second-order valence-corrected chi connectivity index (χ2v) is 5.05. The van der Waals surface area contributed by atoms with Crippen molar-refractivity contribution in [3.8, 4) is 0 Å². The van der Waals surface area contributed by atoms with Gasteiger partial charge in [-0.25, -0.2) is 0 Å². The van der Waals surface area contributed by atoms with Crippen LogP contribution in [0.15, 0.2) is 30.5 Å². The van der Waals surface area contributed by atoms with Gasteiger partial charge in [0.1, 0.15) is 6.04 Å². The van der Waals surface area contributed by atoms with Crippen molar-refractivity contribution in [3.63, 3.8) is 0 Å². The van der Waals surface area contributed by atoms with E-state index >= 15 is 0 Å². The molecule has 1 aliphatic heterocycles. The van der Waals surface area contributed by atoms with Crippen LogP contribution in [0.2, 0.25) is 0 Å². The van der Waals surface area contributed by atoms with E-state index in [2.05, 4.69) is 10.3 Å². The van der Waals surface area contributed by atoms with Crippen molar-refractivity contribution in [1.29, 1.82) is 0 Å². The van der Waals surface area contributed by atoms with Gasteiger partial charge in [-0.1, -0.05) is 18.2 Å². The fourth-order valence-electron chi connectivity index (χ4n) is 2.82. The predicted molar refractivity (Wildman–Crippen MR) is 75.9 cm³/mol. The van der Waals surface area contributed by atoms with Crippen LogP contribution in [0.4, 0.5) is 0 Å². The van der Waals surface area contributed by atoms with Gasteiger partial charge in [0.15, 0.2) is 0 Å². The van der Waals surface area contributed by atoms with Crippen molar-refractivity contribution in [2.75, 3.05) is 7.05 Å². The lowest BCUT2D eigenvalue weighted by Crippen LogP contribution is -2.43. The number of aromatic nitrogens is 1. The van der Waals surface area contributed by atoms with Gasteiger partial charge < -0.3 is 15.2 Å². The minimum atomic E-state index is -0.346. The van der Waals surface area contributed by atoms with Crippen molar-refractivity contribution in [3.05, 3.63) is 36.0 Å². The maximum atomic E-state index is 12.0. The lowest BCUT2D eigenvalue weighted by atomic mass is 10.1. The molecule has 1 aromatic heterocycles. The molecule has 1 atom stereocenters.